The zero-order valence-corrected chi connectivity index (χ0v) is 12.6. The summed E-state index contributed by atoms with van der Waals surface area (Å²) in [5.41, 5.74) is 4.03. The predicted octanol–water partition coefficient (Wildman–Crippen LogP) is 3.42. The summed E-state index contributed by atoms with van der Waals surface area (Å²) in [4.78, 5) is 17.3. The van der Waals surface area contributed by atoms with Crippen molar-refractivity contribution in [1.29, 1.82) is 0 Å². The second-order valence-corrected chi connectivity index (χ2v) is 5.07. The molecule has 0 amide bonds. The first kappa shape index (κ1) is 14.1. The maximum absolute atomic E-state index is 4.56. The highest BCUT2D eigenvalue weighted by Crippen LogP contribution is 2.20. The van der Waals surface area contributed by atoms with Gasteiger partial charge in [0, 0.05) is 30.4 Å². The van der Waals surface area contributed by atoms with Gasteiger partial charge < -0.3 is 5.32 Å². The summed E-state index contributed by atoms with van der Waals surface area (Å²) in [6.07, 6.45) is 7.06. The van der Waals surface area contributed by atoms with Gasteiger partial charge in [0.25, 0.3) is 0 Å². The predicted molar refractivity (Wildman–Crippen MR) is 86.3 cm³/mol. The van der Waals surface area contributed by atoms with Crippen LogP contribution in [0.25, 0.3) is 11.3 Å². The number of aromatic nitrogens is 4. The highest BCUT2D eigenvalue weighted by atomic mass is 15.1. The molecule has 3 heterocycles. The average Bonchev–Trinajstić information content (AvgIpc) is 2.56. The molecule has 0 unspecified atom stereocenters. The largest absolute Gasteiger partial charge is 0.346 e. The highest BCUT2D eigenvalue weighted by Gasteiger charge is 2.11. The summed E-state index contributed by atoms with van der Waals surface area (Å²) >= 11 is 0. The molecule has 0 aromatic carbocycles. The minimum atomic E-state index is 0.0360. The normalized spacial score (nSPS) is 11.9. The molecule has 1 N–H and O–H groups in total. The highest BCUT2D eigenvalue weighted by molar-refractivity contribution is 5.59. The van der Waals surface area contributed by atoms with E-state index in [2.05, 4.69) is 45.2 Å². The molecule has 5 nitrogen and oxygen atoms in total. The lowest BCUT2D eigenvalue weighted by molar-refractivity contribution is 0.812. The van der Waals surface area contributed by atoms with E-state index in [1.54, 1.807) is 24.8 Å². The number of nitrogens with one attached hydrogen (secondary N) is 1. The minimum absolute atomic E-state index is 0.0360. The fraction of sp³-hybridized carbons (Fsp3) is 0.176. The third-order valence-electron chi connectivity index (χ3n) is 3.44. The van der Waals surface area contributed by atoms with E-state index >= 15 is 0 Å². The number of nitrogens with zero attached hydrogens (tertiary/aromatic N) is 4. The Morgan fingerprint density at radius 2 is 1.77 bits per heavy atom. The van der Waals surface area contributed by atoms with E-state index in [1.807, 2.05) is 24.3 Å². The Balaban J connectivity index is 1.83. The van der Waals surface area contributed by atoms with Gasteiger partial charge in [0.15, 0.2) is 0 Å². The smallest absolute Gasteiger partial charge is 0.223 e. The Morgan fingerprint density at radius 1 is 0.955 bits per heavy atom. The van der Waals surface area contributed by atoms with E-state index in [0.29, 0.717) is 5.95 Å². The first-order valence-electron chi connectivity index (χ1n) is 7.15. The number of hydrogen-bond donors (Lipinski definition) is 1. The van der Waals surface area contributed by atoms with Crippen LogP contribution in [0.3, 0.4) is 0 Å². The van der Waals surface area contributed by atoms with Gasteiger partial charge in [-0.25, -0.2) is 9.97 Å². The van der Waals surface area contributed by atoms with Crippen molar-refractivity contribution >= 4 is 5.95 Å². The zero-order chi connectivity index (χ0) is 15.4. The molecule has 5 heteroatoms. The number of rotatable bonds is 4. The van der Waals surface area contributed by atoms with E-state index in [1.165, 1.54) is 0 Å². The maximum Gasteiger partial charge on any atom is 0.223 e. The van der Waals surface area contributed by atoms with Gasteiger partial charge in [-0.3, -0.25) is 9.97 Å². The molecule has 110 valence electrons. The molecule has 0 aliphatic carbocycles. The second kappa shape index (κ2) is 6.30. The Kier molecular flexibility index (Phi) is 4.05. The molecule has 0 bridgehead atoms. The lowest BCUT2D eigenvalue weighted by atomic mass is 10.1. The number of anilines is 1. The third kappa shape index (κ3) is 3.09. The Hall–Kier alpha value is -2.82. The fourth-order valence-corrected chi connectivity index (χ4v) is 2.32. The monoisotopic (exact) mass is 291 g/mol. The topological polar surface area (TPSA) is 63.6 Å². The summed E-state index contributed by atoms with van der Waals surface area (Å²) in [5, 5.41) is 3.31. The molecule has 0 aliphatic rings. The van der Waals surface area contributed by atoms with Crippen molar-refractivity contribution in [1.82, 2.24) is 19.9 Å². The van der Waals surface area contributed by atoms with Crippen molar-refractivity contribution in [2.75, 3.05) is 5.32 Å². The SMILES string of the molecule is Cc1cccnc1[C@H](C)Nc1nccc(-c2ccncc2)n1. The molecule has 0 spiro atoms. The van der Waals surface area contributed by atoms with Crippen molar-refractivity contribution in [2.45, 2.75) is 19.9 Å². The Bertz CT molecular complexity index is 758. The van der Waals surface area contributed by atoms with Gasteiger partial charge in [-0.1, -0.05) is 6.07 Å². The lowest BCUT2D eigenvalue weighted by Gasteiger charge is -2.15. The van der Waals surface area contributed by atoms with Crippen LogP contribution in [0.5, 0.6) is 0 Å². The van der Waals surface area contributed by atoms with Crippen molar-refractivity contribution in [3.05, 3.63) is 66.4 Å². The molecular weight excluding hydrogens is 274 g/mol. The molecule has 1 atom stereocenters. The first-order valence-corrected chi connectivity index (χ1v) is 7.15. The zero-order valence-electron chi connectivity index (χ0n) is 12.6. The number of pyridine rings is 2. The van der Waals surface area contributed by atoms with Crippen LogP contribution in [0, 0.1) is 6.92 Å². The van der Waals surface area contributed by atoms with Gasteiger partial charge in [-0.2, -0.15) is 0 Å². The van der Waals surface area contributed by atoms with Crippen LogP contribution in [-0.2, 0) is 0 Å². The van der Waals surface area contributed by atoms with E-state index in [-0.39, 0.29) is 6.04 Å². The van der Waals surface area contributed by atoms with E-state index in [9.17, 15) is 0 Å². The van der Waals surface area contributed by atoms with Crippen LogP contribution in [-0.4, -0.2) is 19.9 Å². The van der Waals surface area contributed by atoms with Crippen LogP contribution in [0.4, 0.5) is 5.95 Å². The molecule has 0 saturated heterocycles. The van der Waals surface area contributed by atoms with Crippen molar-refractivity contribution in [3.63, 3.8) is 0 Å². The fourth-order valence-electron chi connectivity index (χ4n) is 2.32. The van der Waals surface area contributed by atoms with Crippen LogP contribution in [0.1, 0.15) is 24.2 Å². The van der Waals surface area contributed by atoms with Gasteiger partial charge in [0.05, 0.1) is 17.4 Å². The van der Waals surface area contributed by atoms with E-state index < -0.39 is 0 Å². The molecular formula is C17H17N5. The van der Waals surface area contributed by atoms with Crippen molar-refractivity contribution < 1.29 is 0 Å². The summed E-state index contributed by atoms with van der Waals surface area (Å²) in [6.45, 7) is 4.10. The quantitative estimate of drug-likeness (QED) is 0.798. The van der Waals surface area contributed by atoms with E-state index in [4.69, 9.17) is 0 Å². The summed E-state index contributed by atoms with van der Waals surface area (Å²) in [7, 11) is 0. The number of hydrogen-bond acceptors (Lipinski definition) is 5. The van der Waals surface area contributed by atoms with E-state index in [0.717, 1.165) is 22.5 Å². The van der Waals surface area contributed by atoms with Crippen LogP contribution in [0.2, 0.25) is 0 Å². The van der Waals surface area contributed by atoms with Gasteiger partial charge in [-0.15, -0.1) is 0 Å². The standard InChI is InChI=1S/C17H17N5/c1-12-4-3-8-19-16(12)13(2)21-17-20-11-7-15(22-17)14-5-9-18-10-6-14/h3-11,13H,1-2H3,(H,20,21,22)/t13-/m0/s1. The minimum Gasteiger partial charge on any atom is -0.346 e. The first-order chi connectivity index (χ1) is 10.7. The number of aryl methyl sites for hydroxylation is 1. The molecule has 0 saturated carbocycles. The van der Waals surface area contributed by atoms with Gasteiger partial charge >= 0.3 is 0 Å². The summed E-state index contributed by atoms with van der Waals surface area (Å²) in [5.74, 6) is 0.590. The molecule has 0 aliphatic heterocycles. The van der Waals surface area contributed by atoms with Gasteiger partial charge in [-0.05, 0) is 43.7 Å². The molecule has 3 rings (SSSR count). The Morgan fingerprint density at radius 3 is 2.55 bits per heavy atom. The van der Waals surface area contributed by atoms with Crippen molar-refractivity contribution in [2.24, 2.45) is 0 Å². The molecule has 0 fully saturated rings. The Labute approximate surface area is 129 Å². The molecule has 22 heavy (non-hydrogen) atoms. The maximum atomic E-state index is 4.56. The molecule has 3 aromatic rings. The summed E-state index contributed by atoms with van der Waals surface area (Å²) < 4.78 is 0. The molecule has 0 radical (unpaired) electrons. The summed E-state index contributed by atoms with van der Waals surface area (Å²) in [6, 6.07) is 9.77. The molecule has 3 aromatic heterocycles. The van der Waals surface area contributed by atoms with Crippen LogP contribution >= 0.6 is 0 Å². The van der Waals surface area contributed by atoms with Gasteiger partial charge in [0.2, 0.25) is 5.95 Å². The van der Waals surface area contributed by atoms with Gasteiger partial charge in [0.1, 0.15) is 0 Å². The lowest BCUT2D eigenvalue weighted by Crippen LogP contribution is -2.12. The van der Waals surface area contributed by atoms with Crippen molar-refractivity contribution in [3.8, 4) is 11.3 Å². The van der Waals surface area contributed by atoms with Crippen LogP contribution < -0.4 is 5.32 Å². The second-order valence-electron chi connectivity index (χ2n) is 5.07. The van der Waals surface area contributed by atoms with Crippen LogP contribution in [0.15, 0.2) is 55.1 Å². The third-order valence-corrected chi connectivity index (χ3v) is 3.44. The average molecular weight is 291 g/mol.